The fourth-order valence-corrected chi connectivity index (χ4v) is 7.75. The second-order valence-electron chi connectivity index (χ2n) is 15.2. The quantitative estimate of drug-likeness (QED) is 0.0560. The first-order valence-corrected chi connectivity index (χ1v) is 20.5. The number of unbranched alkanes of at least 4 members (excludes halogenated alkanes) is 10. The molecule has 0 aliphatic heterocycles. The highest BCUT2D eigenvalue weighted by molar-refractivity contribution is 5.45. The van der Waals surface area contributed by atoms with Crippen LogP contribution in [0.1, 0.15) is 160 Å². The summed E-state index contributed by atoms with van der Waals surface area (Å²) < 4.78 is 0. The Morgan fingerprint density at radius 2 is 0.577 bits per heavy atom. The highest BCUT2D eigenvalue weighted by atomic mass is 14.5. The Kier molecular flexibility index (Phi) is 15.9. The van der Waals surface area contributed by atoms with Crippen molar-refractivity contribution < 1.29 is 0 Å². The van der Waals surface area contributed by atoms with Gasteiger partial charge in [0.15, 0.2) is 0 Å². The van der Waals surface area contributed by atoms with E-state index in [4.69, 9.17) is 11.5 Å². The lowest BCUT2D eigenvalue weighted by Gasteiger charge is -2.19. The molecule has 0 spiro atoms. The molecule has 5 aromatic carbocycles. The van der Waals surface area contributed by atoms with Gasteiger partial charge in [0.25, 0.3) is 0 Å². The molecule has 4 N–H and O–H groups in total. The summed E-state index contributed by atoms with van der Waals surface area (Å²) in [5.74, 6) is 0.830. The SMILES string of the molecule is CCCCCCCCC(c1ccc(N)cc1)c1ccc(Cc2ccc(Cc3ccc(C(CCCCCCCC)c4ccc(N)cc4)cc3)cc2)cc1. The van der Waals surface area contributed by atoms with Crippen molar-refractivity contribution in [2.24, 2.45) is 0 Å². The average Bonchev–Trinajstić information content (AvgIpc) is 3.17. The standard InChI is InChI=1S/C50H64N2/c1-3-5-7-9-11-13-15-49(45-29-33-47(51)34-30-45)43-25-21-41(22-26-43)37-39-17-19-40(20-18-39)38-42-23-27-44(28-24-42)50(16-14-12-10-8-6-4-2)46-31-35-48(52)36-32-46/h17-36,49-50H,3-16,37-38,51-52H2,1-2H3. The zero-order chi connectivity index (χ0) is 36.4. The van der Waals surface area contributed by atoms with E-state index in [9.17, 15) is 0 Å². The first-order chi connectivity index (χ1) is 25.5. The van der Waals surface area contributed by atoms with E-state index in [2.05, 4.69) is 111 Å². The molecule has 5 aromatic rings. The molecule has 274 valence electrons. The topological polar surface area (TPSA) is 52.0 Å². The van der Waals surface area contributed by atoms with Crippen LogP contribution in [0, 0.1) is 0 Å². The van der Waals surface area contributed by atoms with E-state index < -0.39 is 0 Å². The molecule has 0 saturated heterocycles. The van der Waals surface area contributed by atoms with E-state index >= 15 is 0 Å². The van der Waals surface area contributed by atoms with Crippen LogP contribution in [0.3, 0.4) is 0 Å². The van der Waals surface area contributed by atoms with E-state index in [1.54, 1.807) is 0 Å². The minimum atomic E-state index is 0.415. The van der Waals surface area contributed by atoms with Crippen LogP contribution < -0.4 is 11.5 Å². The first-order valence-electron chi connectivity index (χ1n) is 20.5. The zero-order valence-electron chi connectivity index (χ0n) is 32.2. The Labute approximate surface area is 316 Å². The van der Waals surface area contributed by atoms with Gasteiger partial charge < -0.3 is 11.5 Å². The molecule has 0 heterocycles. The Bertz CT molecular complexity index is 1550. The molecule has 2 atom stereocenters. The summed E-state index contributed by atoms with van der Waals surface area (Å²) in [5.41, 5.74) is 24.7. The lowest BCUT2D eigenvalue weighted by molar-refractivity contribution is 0.568. The van der Waals surface area contributed by atoms with Gasteiger partial charge in [-0.3, -0.25) is 0 Å². The molecule has 0 aliphatic carbocycles. The molecular formula is C50H64N2. The maximum Gasteiger partial charge on any atom is 0.0314 e. The molecule has 0 saturated carbocycles. The molecule has 2 heteroatoms. The number of hydrogen-bond donors (Lipinski definition) is 2. The third kappa shape index (κ3) is 12.4. The molecule has 0 aromatic heterocycles. The molecule has 0 fully saturated rings. The third-order valence-corrected chi connectivity index (χ3v) is 11.0. The molecule has 2 nitrogen and oxygen atoms in total. The van der Waals surface area contributed by atoms with Gasteiger partial charge in [0.05, 0.1) is 0 Å². The van der Waals surface area contributed by atoms with Crippen LogP contribution in [0.25, 0.3) is 0 Å². The van der Waals surface area contributed by atoms with Crippen molar-refractivity contribution in [2.75, 3.05) is 11.5 Å². The maximum absolute atomic E-state index is 6.04. The van der Waals surface area contributed by atoms with Crippen LogP contribution in [0.4, 0.5) is 11.4 Å². The van der Waals surface area contributed by atoms with Crippen molar-refractivity contribution in [2.45, 2.75) is 128 Å². The summed E-state index contributed by atoms with van der Waals surface area (Å²) in [6.07, 6.45) is 20.1. The molecular weight excluding hydrogens is 629 g/mol. The summed E-state index contributed by atoms with van der Waals surface area (Å²) in [6.45, 7) is 4.57. The Hall–Kier alpha value is -4.30. The average molecular weight is 693 g/mol. The summed E-state index contributed by atoms with van der Waals surface area (Å²) in [5, 5.41) is 0. The number of rotatable bonds is 22. The van der Waals surface area contributed by atoms with Crippen LogP contribution in [-0.2, 0) is 12.8 Å². The van der Waals surface area contributed by atoms with Gasteiger partial charge in [-0.2, -0.15) is 0 Å². The maximum atomic E-state index is 6.04. The minimum absolute atomic E-state index is 0.415. The molecule has 0 aliphatic rings. The highest BCUT2D eigenvalue weighted by Gasteiger charge is 2.16. The van der Waals surface area contributed by atoms with Gasteiger partial charge in [-0.05, 0) is 94.5 Å². The van der Waals surface area contributed by atoms with Crippen LogP contribution >= 0.6 is 0 Å². The molecule has 0 radical (unpaired) electrons. The van der Waals surface area contributed by atoms with Gasteiger partial charge in [-0.1, -0.05) is 188 Å². The number of hydrogen-bond acceptors (Lipinski definition) is 2. The summed E-state index contributed by atoms with van der Waals surface area (Å²) in [7, 11) is 0. The fourth-order valence-electron chi connectivity index (χ4n) is 7.75. The lowest BCUT2D eigenvalue weighted by Crippen LogP contribution is -2.03. The summed E-state index contributed by atoms with van der Waals surface area (Å²) in [4.78, 5) is 0. The van der Waals surface area contributed by atoms with Gasteiger partial charge in [0.1, 0.15) is 0 Å². The van der Waals surface area contributed by atoms with Crippen molar-refractivity contribution >= 4 is 11.4 Å². The largest absolute Gasteiger partial charge is 0.399 e. The number of nitrogens with two attached hydrogens (primary N) is 2. The van der Waals surface area contributed by atoms with Gasteiger partial charge in [0.2, 0.25) is 0 Å². The second kappa shape index (κ2) is 21.3. The van der Waals surface area contributed by atoms with E-state index in [-0.39, 0.29) is 0 Å². The third-order valence-electron chi connectivity index (χ3n) is 11.0. The molecule has 0 bridgehead atoms. The van der Waals surface area contributed by atoms with Gasteiger partial charge in [0, 0.05) is 23.2 Å². The van der Waals surface area contributed by atoms with E-state index in [1.807, 2.05) is 24.3 Å². The normalized spacial score (nSPS) is 12.5. The lowest BCUT2D eigenvalue weighted by atomic mass is 9.86. The van der Waals surface area contributed by atoms with E-state index in [0.717, 1.165) is 24.2 Å². The summed E-state index contributed by atoms with van der Waals surface area (Å²) >= 11 is 0. The first kappa shape index (κ1) is 38.9. The Balaban J connectivity index is 1.17. The monoisotopic (exact) mass is 693 g/mol. The predicted molar refractivity (Wildman–Crippen MR) is 226 cm³/mol. The van der Waals surface area contributed by atoms with Crippen molar-refractivity contribution in [1.29, 1.82) is 0 Å². The number of anilines is 2. The number of benzene rings is 5. The van der Waals surface area contributed by atoms with Crippen LogP contribution in [-0.4, -0.2) is 0 Å². The van der Waals surface area contributed by atoms with Crippen LogP contribution in [0.2, 0.25) is 0 Å². The van der Waals surface area contributed by atoms with Gasteiger partial charge >= 0.3 is 0 Å². The molecule has 5 rings (SSSR count). The van der Waals surface area contributed by atoms with E-state index in [0.29, 0.717) is 11.8 Å². The van der Waals surface area contributed by atoms with Crippen LogP contribution in [0.5, 0.6) is 0 Å². The van der Waals surface area contributed by atoms with Crippen molar-refractivity contribution in [1.82, 2.24) is 0 Å². The zero-order valence-corrected chi connectivity index (χ0v) is 32.2. The van der Waals surface area contributed by atoms with Gasteiger partial charge in [-0.25, -0.2) is 0 Å². The minimum Gasteiger partial charge on any atom is -0.399 e. The van der Waals surface area contributed by atoms with Crippen molar-refractivity contribution in [3.63, 3.8) is 0 Å². The smallest absolute Gasteiger partial charge is 0.0314 e. The second-order valence-corrected chi connectivity index (χ2v) is 15.2. The van der Waals surface area contributed by atoms with Crippen LogP contribution in [0.15, 0.2) is 121 Å². The highest BCUT2D eigenvalue weighted by Crippen LogP contribution is 2.33. The van der Waals surface area contributed by atoms with Gasteiger partial charge in [-0.15, -0.1) is 0 Å². The fraction of sp³-hybridized carbons (Fsp3) is 0.400. The Morgan fingerprint density at radius 3 is 0.885 bits per heavy atom. The van der Waals surface area contributed by atoms with Crippen molar-refractivity contribution in [3.05, 3.63) is 166 Å². The predicted octanol–water partition coefficient (Wildman–Crippen LogP) is 13.8. The Morgan fingerprint density at radius 1 is 0.327 bits per heavy atom. The molecule has 2 unspecified atom stereocenters. The molecule has 52 heavy (non-hydrogen) atoms. The van der Waals surface area contributed by atoms with Crippen molar-refractivity contribution in [3.8, 4) is 0 Å². The van der Waals surface area contributed by atoms with E-state index in [1.165, 1.54) is 134 Å². The number of nitrogen functional groups attached to an aromatic ring is 2. The molecule has 0 amide bonds. The summed E-state index contributed by atoms with van der Waals surface area (Å²) in [6, 6.07) is 45.1.